The van der Waals surface area contributed by atoms with Gasteiger partial charge in [0.15, 0.2) is 0 Å². The molecule has 0 aliphatic carbocycles. The van der Waals surface area contributed by atoms with Gasteiger partial charge in [-0.25, -0.2) is 0 Å². The van der Waals surface area contributed by atoms with Gasteiger partial charge in [0.05, 0.1) is 0 Å². The summed E-state index contributed by atoms with van der Waals surface area (Å²) in [6.45, 7) is 6.09. The van der Waals surface area contributed by atoms with Crippen LogP contribution in [0.3, 0.4) is 0 Å². The Hall–Kier alpha value is -1.57. The van der Waals surface area contributed by atoms with Gasteiger partial charge in [0.2, 0.25) is 5.91 Å². The molecule has 1 atom stereocenters. The Labute approximate surface area is 97.4 Å². The summed E-state index contributed by atoms with van der Waals surface area (Å²) in [6, 6.07) is 8.29. The molecule has 1 rings (SSSR count). The first-order valence-corrected chi connectivity index (χ1v) is 5.67. The van der Waals surface area contributed by atoms with Crippen molar-refractivity contribution < 1.29 is 4.79 Å². The van der Waals surface area contributed by atoms with Gasteiger partial charge in [-0.1, -0.05) is 36.8 Å². The first-order valence-electron chi connectivity index (χ1n) is 5.67. The van der Waals surface area contributed by atoms with Gasteiger partial charge in [-0.05, 0) is 31.9 Å². The second-order valence-electron chi connectivity index (χ2n) is 4.07. The van der Waals surface area contributed by atoms with Crippen molar-refractivity contribution in [1.29, 1.82) is 0 Å². The lowest BCUT2D eigenvalue weighted by Gasteiger charge is -2.08. The number of nitrogens with one attached hydrogen (secondary N) is 1. The standard InChI is InChI=1S/C14H19NO/c1-4-12(3)15-14(16)9-8-13-7-5-6-11(2)10-13/h5-10,12H,4H2,1-3H3,(H,15,16)/b9-8+. The second kappa shape index (κ2) is 6.11. The van der Waals surface area contributed by atoms with Gasteiger partial charge in [-0.3, -0.25) is 4.79 Å². The molecule has 0 fully saturated rings. The Morgan fingerprint density at radius 3 is 2.88 bits per heavy atom. The average Bonchev–Trinajstić information content (AvgIpc) is 2.26. The molecule has 2 heteroatoms. The molecule has 0 bridgehead atoms. The lowest BCUT2D eigenvalue weighted by molar-refractivity contribution is -0.117. The van der Waals surface area contributed by atoms with E-state index in [-0.39, 0.29) is 11.9 Å². The Morgan fingerprint density at radius 1 is 1.50 bits per heavy atom. The van der Waals surface area contributed by atoms with Crippen LogP contribution in [0.15, 0.2) is 30.3 Å². The first kappa shape index (κ1) is 12.5. The van der Waals surface area contributed by atoms with Crippen LogP contribution in [0.5, 0.6) is 0 Å². The third kappa shape index (κ3) is 4.30. The fourth-order valence-corrected chi connectivity index (χ4v) is 1.34. The Balaban J connectivity index is 2.56. The average molecular weight is 217 g/mol. The molecule has 0 spiro atoms. The number of benzene rings is 1. The maximum Gasteiger partial charge on any atom is 0.244 e. The van der Waals surface area contributed by atoms with E-state index in [0.717, 1.165) is 12.0 Å². The van der Waals surface area contributed by atoms with Crippen LogP contribution in [0.25, 0.3) is 6.08 Å². The predicted molar refractivity (Wildman–Crippen MR) is 68.1 cm³/mol. The molecule has 1 aromatic carbocycles. The molecule has 1 N–H and O–H groups in total. The maximum absolute atomic E-state index is 11.5. The summed E-state index contributed by atoms with van der Waals surface area (Å²) < 4.78 is 0. The molecule has 1 amide bonds. The highest BCUT2D eigenvalue weighted by atomic mass is 16.1. The van der Waals surface area contributed by atoms with E-state index in [4.69, 9.17) is 0 Å². The van der Waals surface area contributed by atoms with Crippen molar-refractivity contribution in [3.05, 3.63) is 41.5 Å². The topological polar surface area (TPSA) is 29.1 Å². The quantitative estimate of drug-likeness (QED) is 0.772. The molecule has 0 saturated heterocycles. The van der Waals surface area contributed by atoms with Gasteiger partial charge < -0.3 is 5.32 Å². The number of aryl methyl sites for hydroxylation is 1. The summed E-state index contributed by atoms with van der Waals surface area (Å²) >= 11 is 0. The summed E-state index contributed by atoms with van der Waals surface area (Å²) in [7, 11) is 0. The van der Waals surface area contributed by atoms with Crippen LogP contribution in [0.2, 0.25) is 0 Å². The van der Waals surface area contributed by atoms with Crippen LogP contribution in [-0.4, -0.2) is 11.9 Å². The second-order valence-corrected chi connectivity index (χ2v) is 4.07. The molecular formula is C14H19NO. The van der Waals surface area contributed by atoms with E-state index in [1.54, 1.807) is 6.08 Å². The van der Waals surface area contributed by atoms with Crippen molar-refractivity contribution in [2.24, 2.45) is 0 Å². The fraction of sp³-hybridized carbons (Fsp3) is 0.357. The zero-order valence-corrected chi connectivity index (χ0v) is 10.2. The summed E-state index contributed by atoms with van der Waals surface area (Å²) in [6.07, 6.45) is 4.37. The van der Waals surface area contributed by atoms with Gasteiger partial charge in [-0.15, -0.1) is 0 Å². The molecule has 0 aliphatic rings. The van der Waals surface area contributed by atoms with Crippen LogP contribution in [-0.2, 0) is 4.79 Å². The fourth-order valence-electron chi connectivity index (χ4n) is 1.34. The summed E-state index contributed by atoms with van der Waals surface area (Å²) in [5.74, 6) is -0.0316. The van der Waals surface area contributed by atoms with Crippen LogP contribution >= 0.6 is 0 Å². The van der Waals surface area contributed by atoms with E-state index in [1.165, 1.54) is 5.56 Å². The van der Waals surface area contributed by atoms with Crippen molar-refractivity contribution in [2.75, 3.05) is 0 Å². The van der Waals surface area contributed by atoms with Crippen molar-refractivity contribution in [1.82, 2.24) is 5.32 Å². The Kier molecular flexibility index (Phi) is 4.77. The molecule has 1 unspecified atom stereocenters. The highest BCUT2D eigenvalue weighted by Crippen LogP contribution is 2.05. The molecular weight excluding hydrogens is 198 g/mol. The monoisotopic (exact) mass is 217 g/mol. The maximum atomic E-state index is 11.5. The van der Waals surface area contributed by atoms with Gasteiger partial charge in [0, 0.05) is 12.1 Å². The number of carbonyl (C=O) groups excluding carboxylic acids is 1. The predicted octanol–water partition coefficient (Wildman–Crippen LogP) is 2.92. The Morgan fingerprint density at radius 2 is 2.25 bits per heavy atom. The highest BCUT2D eigenvalue weighted by molar-refractivity contribution is 5.91. The molecule has 86 valence electrons. The minimum atomic E-state index is -0.0316. The van der Waals surface area contributed by atoms with Crippen LogP contribution in [0.4, 0.5) is 0 Å². The molecule has 0 radical (unpaired) electrons. The van der Waals surface area contributed by atoms with Gasteiger partial charge >= 0.3 is 0 Å². The number of hydrogen-bond donors (Lipinski definition) is 1. The van der Waals surface area contributed by atoms with Crippen LogP contribution < -0.4 is 5.32 Å². The summed E-state index contributed by atoms with van der Waals surface area (Å²) in [4.78, 5) is 11.5. The minimum absolute atomic E-state index is 0.0316. The Bertz CT molecular complexity index is 382. The number of rotatable bonds is 4. The van der Waals surface area contributed by atoms with E-state index >= 15 is 0 Å². The minimum Gasteiger partial charge on any atom is -0.350 e. The van der Waals surface area contributed by atoms with E-state index in [9.17, 15) is 4.79 Å². The molecule has 1 aromatic rings. The van der Waals surface area contributed by atoms with E-state index in [1.807, 2.05) is 44.2 Å². The van der Waals surface area contributed by atoms with Crippen molar-refractivity contribution >= 4 is 12.0 Å². The normalized spacial score (nSPS) is 12.7. The summed E-state index contributed by atoms with van der Waals surface area (Å²) in [5, 5.41) is 2.89. The smallest absolute Gasteiger partial charge is 0.244 e. The van der Waals surface area contributed by atoms with E-state index in [2.05, 4.69) is 12.2 Å². The van der Waals surface area contributed by atoms with Crippen molar-refractivity contribution in [3.8, 4) is 0 Å². The molecule has 0 saturated carbocycles. The summed E-state index contributed by atoms with van der Waals surface area (Å²) in [5.41, 5.74) is 2.25. The molecule has 0 heterocycles. The number of carbonyl (C=O) groups is 1. The third-order valence-electron chi connectivity index (χ3n) is 2.47. The van der Waals surface area contributed by atoms with Crippen LogP contribution in [0.1, 0.15) is 31.4 Å². The van der Waals surface area contributed by atoms with E-state index < -0.39 is 0 Å². The van der Waals surface area contributed by atoms with Crippen molar-refractivity contribution in [3.63, 3.8) is 0 Å². The lowest BCUT2D eigenvalue weighted by atomic mass is 10.1. The molecule has 2 nitrogen and oxygen atoms in total. The third-order valence-corrected chi connectivity index (χ3v) is 2.47. The number of hydrogen-bond acceptors (Lipinski definition) is 1. The first-order chi connectivity index (χ1) is 7.61. The SMILES string of the molecule is CCC(C)NC(=O)/C=C/c1cccc(C)c1. The largest absolute Gasteiger partial charge is 0.350 e. The molecule has 0 aliphatic heterocycles. The lowest BCUT2D eigenvalue weighted by Crippen LogP contribution is -2.30. The zero-order valence-electron chi connectivity index (χ0n) is 10.2. The van der Waals surface area contributed by atoms with Crippen LogP contribution in [0, 0.1) is 6.92 Å². The van der Waals surface area contributed by atoms with E-state index in [0.29, 0.717) is 0 Å². The molecule has 16 heavy (non-hydrogen) atoms. The molecule has 0 aromatic heterocycles. The van der Waals surface area contributed by atoms with Gasteiger partial charge in [0.1, 0.15) is 0 Å². The van der Waals surface area contributed by atoms with Gasteiger partial charge in [0.25, 0.3) is 0 Å². The van der Waals surface area contributed by atoms with Crippen molar-refractivity contribution in [2.45, 2.75) is 33.2 Å². The number of amides is 1. The zero-order chi connectivity index (χ0) is 12.0. The van der Waals surface area contributed by atoms with Gasteiger partial charge in [-0.2, -0.15) is 0 Å². The highest BCUT2D eigenvalue weighted by Gasteiger charge is 2.00.